The molecule has 0 saturated heterocycles. The van der Waals surface area contributed by atoms with Crippen molar-refractivity contribution in [1.82, 2.24) is 15.2 Å². The van der Waals surface area contributed by atoms with Gasteiger partial charge in [-0.25, -0.2) is 4.98 Å². The molecule has 0 radical (unpaired) electrons. The summed E-state index contributed by atoms with van der Waals surface area (Å²) < 4.78 is 0. The van der Waals surface area contributed by atoms with E-state index in [2.05, 4.69) is 20.5 Å². The highest BCUT2D eigenvalue weighted by Gasteiger charge is 2.14. The fourth-order valence-corrected chi connectivity index (χ4v) is 2.00. The van der Waals surface area contributed by atoms with Crippen molar-refractivity contribution in [3.05, 3.63) is 40.4 Å². The van der Waals surface area contributed by atoms with E-state index in [1.807, 2.05) is 6.92 Å². The van der Waals surface area contributed by atoms with E-state index < -0.39 is 11.8 Å². The predicted octanol–water partition coefficient (Wildman–Crippen LogP) is 1.76. The number of benzene rings is 1. The van der Waals surface area contributed by atoms with Crippen molar-refractivity contribution in [3.8, 4) is 0 Å². The molecule has 2 aromatic rings. The van der Waals surface area contributed by atoms with Gasteiger partial charge in [0.25, 0.3) is 5.91 Å². The number of aryl methyl sites for hydroxylation is 1. The van der Waals surface area contributed by atoms with Crippen LogP contribution in [0.15, 0.2) is 18.2 Å². The molecule has 7 nitrogen and oxygen atoms in total. The van der Waals surface area contributed by atoms with Crippen LogP contribution in [0.1, 0.15) is 40.1 Å². The number of halogens is 1. The summed E-state index contributed by atoms with van der Waals surface area (Å²) in [4.78, 5) is 27.1. The van der Waals surface area contributed by atoms with Crippen LogP contribution in [0, 0.1) is 0 Å². The monoisotopic (exact) mass is 307 g/mol. The highest BCUT2D eigenvalue weighted by atomic mass is 35.5. The molecule has 0 saturated carbocycles. The Bertz CT molecular complexity index is 683. The van der Waals surface area contributed by atoms with Gasteiger partial charge in [0, 0.05) is 12.1 Å². The Morgan fingerprint density at radius 3 is 2.81 bits per heavy atom. The lowest BCUT2D eigenvalue weighted by Gasteiger charge is -2.05. The molecular weight excluding hydrogens is 294 g/mol. The second-order valence-electron chi connectivity index (χ2n) is 4.37. The van der Waals surface area contributed by atoms with Gasteiger partial charge in [-0.05, 0) is 24.6 Å². The van der Waals surface area contributed by atoms with Gasteiger partial charge >= 0.3 is 0 Å². The minimum atomic E-state index is -0.629. The van der Waals surface area contributed by atoms with Crippen LogP contribution < -0.4 is 11.1 Å². The molecule has 110 valence electrons. The largest absolute Gasteiger partial charge is 0.366 e. The molecular formula is C13H14ClN5O2. The number of aromatic amines is 1. The lowest BCUT2D eigenvalue weighted by Crippen LogP contribution is -2.15. The summed E-state index contributed by atoms with van der Waals surface area (Å²) in [5.41, 5.74) is 5.77. The summed E-state index contributed by atoms with van der Waals surface area (Å²) in [5.74, 6) is -0.383. The van der Waals surface area contributed by atoms with E-state index in [1.165, 1.54) is 18.2 Å². The molecule has 0 aliphatic rings. The van der Waals surface area contributed by atoms with Gasteiger partial charge in [0.05, 0.1) is 10.6 Å². The lowest BCUT2D eigenvalue weighted by atomic mass is 10.2. The van der Waals surface area contributed by atoms with Crippen LogP contribution in [0.5, 0.6) is 0 Å². The molecule has 0 atom stereocenters. The molecule has 2 amide bonds. The van der Waals surface area contributed by atoms with Crippen molar-refractivity contribution in [1.29, 1.82) is 0 Å². The van der Waals surface area contributed by atoms with Crippen LogP contribution in [-0.2, 0) is 6.42 Å². The quantitative estimate of drug-likeness (QED) is 0.780. The Morgan fingerprint density at radius 2 is 2.19 bits per heavy atom. The predicted molar refractivity (Wildman–Crippen MR) is 78.3 cm³/mol. The Hall–Kier alpha value is -2.41. The first-order chi connectivity index (χ1) is 10.0. The number of hydrogen-bond acceptors (Lipinski definition) is 4. The lowest BCUT2D eigenvalue weighted by molar-refractivity contribution is 0.0997. The maximum Gasteiger partial charge on any atom is 0.295 e. The van der Waals surface area contributed by atoms with Gasteiger partial charge in [-0.2, -0.15) is 0 Å². The number of primary amides is 1. The maximum atomic E-state index is 12.0. The van der Waals surface area contributed by atoms with E-state index in [4.69, 9.17) is 17.3 Å². The van der Waals surface area contributed by atoms with Crippen molar-refractivity contribution < 1.29 is 9.59 Å². The summed E-state index contributed by atoms with van der Waals surface area (Å²) in [5, 5.41) is 9.31. The second-order valence-corrected chi connectivity index (χ2v) is 4.78. The van der Waals surface area contributed by atoms with Crippen LogP contribution in [-0.4, -0.2) is 27.0 Å². The normalized spacial score (nSPS) is 10.4. The van der Waals surface area contributed by atoms with Gasteiger partial charge in [-0.3, -0.25) is 14.7 Å². The van der Waals surface area contributed by atoms with Crippen molar-refractivity contribution >= 4 is 29.1 Å². The Morgan fingerprint density at radius 1 is 1.43 bits per heavy atom. The van der Waals surface area contributed by atoms with Gasteiger partial charge in [-0.1, -0.05) is 18.5 Å². The van der Waals surface area contributed by atoms with Crippen molar-refractivity contribution in [3.63, 3.8) is 0 Å². The Kier molecular flexibility index (Phi) is 4.54. The van der Waals surface area contributed by atoms with Crippen LogP contribution in [0.2, 0.25) is 5.02 Å². The minimum Gasteiger partial charge on any atom is -0.366 e. The molecule has 1 aromatic heterocycles. The molecule has 1 heterocycles. The summed E-state index contributed by atoms with van der Waals surface area (Å²) in [6.07, 6.45) is 1.62. The molecule has 8 heteroatoms. The topological polar surface area (TPSA) is 114 Å². The van der Waals surface area contributed by atoms with Crippen molar-refractivity contribution in [2.45, 2.75) is 19.8 Å². The molecule has 21 heavy (non-hydrogen) atoms. The zero-order chi connectivity index (χ0) is 15.4. The van der Waals surface area contributed by atoms with Gasteiger partial charge < -0.3 is 11.1 Å². The number of amides is 2. The third-order valence-electron chi connectivity index (χ3n) is 2.71. The number of hydrogen-bond donors (Lipinski definition) is 3. The van der Waals surface area contributed by atoms with Crippen molar-refractivity contribution in [2.75, 3.05) is 5.32 Å². The molecule has 0 fully saturated rings. The Labute approximate surface area is 125 Å². The van der Waals surface area contributed by atoms with Gasteiger partial charge in [-0.15, -0.1) is 5.10 Å². The number of nitrogens with two attached hydrogens (primary N) is 1. The molecule has 4 N–H and O–H groups in total. The molecule has 0 spiro atoms. The van der Waals surface area contributed by atoms with E-state index in [1.54, 1.807) is 0 Å². The van der Waals surface area contributed by atoms with Crippen LogP contribution in [0.25, 0.3) is 0 Å². The number of anilines is 1. The van der Waals surface area contributed by atoms with E-state index in [9.17, 15) is 9.59 Å². The summed E-state index contributed by atoms with van der Waals surface area (Å²) >= 11 is 5.91. The Balaban J connectivity index is 2.11. The van der Waals surface area contributed by atoms with Gasteiger partial charge in [0.2, 0.25) is 11.7 Å². The van der Waals surface area contributed by atoms with Gasteiger partial charge in [0.1, 0.15) is 5.82 Å². The van der Waals surface area contributed by atoms with Crippen LogP contribution in [0.4, 0.5) is 5.69 Å². The molecule has 1 aromatic carbocycles. The number of nitrogens with one attached hydrogen (secondary N) is 2. The van der Waals surface area contributed by atoms with Crippen LogP contribution in [0.3, 0.4) is 0 Å². The molecule has 2 rings (SSSR count). The fourth-order valence-electron chi connectivity index (χ4n) is 1.73. The number of carbonyl (C=O) groups excluding carboxylic acids is 2. The van der Waals surface area contributed by atoms with E-state index in [0.717, 1.165) is 12.8 Å². The SMILES string of the molecule is CCCc1nc(C(=O)Nc2ccc(C(N)=O)c(Cl)c2)n[nH]1. The molecule has 0 unspecified atom stereocenters. The number of H-pyrrole nitrogens is 1. The van der Waals surface area contributed by atoms with Crippen LogP contribution >= 0.6 is 11.6 Å². The number of rotatable bonds is 5. The molecule has 0 bridgehead atoms. The molecule has 0 aliphatic heterocycles. The number of nitrogens with zero attached hydrogens (tertiary/aromatic N) is 2. The third-order valence-corrected chi connectivity index (χ3v) is 3.03. The minimum absolute atomic E-state index is 0.0496. The van der Waals surface area contributed by atoms with E-state index in [0.29, 0.717) is 11.5 Å². The first-order valence-electron chi connectivity index (χ1n) is 6.33. The van der Waals surface area contributed by atoms with E-state index in [-0.39, 0.29) is 16.4 Å². The maximum absolute atomic E-state index is 12.0. The summed E-state index contributed by atoms with van der Waals surface area (Å²) in [6.45, 7) is 2.00. The van der Waals surface area contributed by atoms with Gasteiger partial charge in [0.15, 0.2) is 0 Å². The first-order valence-corrected chi connectivity index (χ1v) is 6.71. The number of carbonyl (C=O) groups is 2. The third kappa shape index (κ3) is 3.57. The standard InChI is InChI=1S/C13H14ClN5O2/c1-2-3-10-17-12(19-18-10)13(21)16-7-4-5-8(11(15)20)9(14)6-7/h4-6H,2-3H2,1H3,(H2,15,20)(H,16,21)(H,17,18,19). The zero-order valence-corrected chi connectivity index (χ0v) is 12.1. The molecule has 0 aliphatic carbocycles. The second kappa shape index (κ2) is 6.36. The fraction of sp³-hybridized carbons (Fsp3) is 0.231. The van der Waals surface area contributed by atoms with E-state index >= 15 is 0 Å². The highest BCUT2D eigenvalue weighted by molar-refractivity contribution is 6.34. The first kappa shape index (κ1) is 15.0. The number of aromatic nitrogens is 3. The zero-order valence-electron chi connectivity index (χ0n) is 11.3. The highest BCUT2D eigenvalue weighted by Crippen LogP contribution is 2.20. The average Bonchev–Trinajstić information content (AvgIpc) is 2.87. The average molecular weight is 308 g/mol. The smallest absolute Gasteiger partial charge is 0.295 e. The summed E-state index contributed by atoms with van der Waals surface area (Å²) in [6, 6.07) is 4.42. The summed E-state index contributed by atoms with van der Waals surface area (Å²) in [7, 11) is 0. The van der Waals surface area contributed by atoms with Crippen molar-refractivity contribution in [2.24, 2.45) is 5.73 Å².